The lowest BCUT2D eigenvalue weighted by molar-refractivity contribution is -0.142. The first-order chi connectivity index (χ1) is 7.29. The Morgan fingerprint density at radius 3 is 2.53 bits per heavy atom. The van der Waals surface area contributed by atoms with Gasteiger partial charge in [0.25, 0.3) is 0 Å². The standard InChI is InChI=1S/C12H16O2S/c1-3-14-12(13)11(15-4-2)10-8-6-5-7-9-10/h5-9,11H,3-4H2,1-2H3. The van der Waals surface area contributed by atoms with Crippen LogP contribution >= 0.6 is 11.8 Å². The van der Waals surface area contributed by atoms with Crippen LogP contribution in [0.5, 0.6) is 0 Å². The van der Waals surface area contributed by atoms with Crippen LogP contribution in [0.3, 0.4) is 0 Å². The summed E-state index contributed by atoms with van der Waals surface area (Å²) in [6, 6.07) is 9.76. The molecule has 3 heteroatoms. The fraction of sp³-hybridized carbons (Fsp3) is 0.417. The summed E-state index contributed by atoms with van der Waals surface area (Å²) in [5, 5.41) is -0.184. The van der Waals surface area contributed by atoms with Gasteiger partial charge in [0.05, 0.1) is 6.61 Å². The molecule has 1 aromatic carbocycles. The van der Waals surface area contributed by atoms with Gasteiger partial charge in [-0.2, -0.15) is 0 Å². The van der Waals surface area contributed by atoms with Gasteiger partial charge in [-0.3, -0.25) is 4.79 Å². The van der Waals surface area contributed by atoms with E-state index < -0.39 is 0 Å². The largest absolute Gasteiger partial charge is 0.465 e. The second-order valence-electron chi connectivity index (χ2n) is 3.00. The molecule has 0 spiro atoms. The van der Waals surface area contributed by atoms with E-state index in [9.17, 15) is 4.79 Å². The minimum atomic E-state index is -0.184. The van der Waals surface area contributed by atoms with E-state index in [1.165, 1.54) is 0 Å². The second kappa shape index (κ2) is 6.51. The minimum absolute atomic E-state index is 0.143. The predicted octanol–water partition coefficient (Wildman–Crippen LogP) is 3.04. The van der Waals surface area contributed by atoms with Gasteiger partial charge in [0, 0.05) is 0 Å². The van der Waals surface area contributed by atoms with Gasteiger partial charge in [-0.15, -0.1) is 11.8 Å². The zero-order valence-electron chi connectivity index (χ0n) is 9.10. The van der Waals surface area contributed by atoms with Gasteiger partial charge in [0.2, 0.25) is 0 Å². The van der Waals surface area contributed by atoms with Crippen LogP contribution in [0.4, 0.5) is 0 Å². The molecule has 0 N–H and O–H groups in total. The van der Waals surface area contributed by atoms with Crippen LogP contribution in [0.1, 0.15) is 24.7 Å². The molecule has 0 fully saturated rings. The highest BCUT2D eigenvalue weighted by atomic mass is 32.2. The summed E-state index contributed by atoms with van der Waals surface area (Å²) in [5.74, 6) is 0.758. The lowest BCUT2D eigenvalue weighted by Gasteiger charge is -2.14. The first-order valence-electron chi connectivity index (χ1n) is 5.12. The molecule has 0 saturated heterocycles. The molecule has 0 aliphatic heterocycles. The Bertz CT molecular complexity index is 298. The van der Waals surface area contributed by atoms with E-state index in [2.05, 4.69) is 0 Å². The predicted molar refractivity (Wildman–Crippen MR) is 63.9 cm³/mol. The van der Waals surface area contributed by atoms with E-state index >= 15 is 0 Å². The highest BCUT2D eigenvalue weighted by molar-refractivity contribution is 8.00. The van der Waals surface area contributed by atoms with Crippen LogP contribution in [0.2, 0.25) is 0 Å². The van der Waals surface area contributed by atoms with Crippen molar-refractivity contribution in [3.05, 3.63) is 35.9 Å². The number of carbonyl (C=O) groups excluding carboxylic acids is 1. The molecule has 0 aromatic heterocycles. The second-order valence-corrected chi connectivity index (χ2v) is 4.38. The Morgan fingerprint density at radius 1 is 1.33 bits per heavy atom. The Kier molecular flexibility index (Phi) is 5.26. The molecule has 0 bridgehead atoms. The first kappa shape index (κ1) is 12.1. The highest BCUT2D eigenvalue weighted by Gasteiger charge is 2.21. The molecular weight excluding hydrogens is 208 g/mol. The van der Waals surface area contributed by atoms with Crippen LogP contribution in [-0.2, 0) is 9.53 Å². The van der Waals surface area contributed by atoms with Crippen LogP contribution in [0.25, 0.3) is 0 Å². The summed E-state index contributed by atoms with van der Waals surface area (Å²) in [6.07, 6.45) is 0. The zero-order chi connectivity index (χ0) is 11.1. The molecule has 1 atom stereocenters. The summed E-state index contributed by atoms with van der Waals surface area (Å²) >= 11 is 1.60. The van der Waals surface area contributed by atoms with Crippen molar-refractivity contribution >= 4 is 17.7 Å². The molecule has 0 amide bonds. The van der Waals surface area contributed by atoms with Gasteiger partial charge in [0.15, 0.2) is 0 Å². The number of benzene rings is 1. The molecule has 1 rings (SSSR count). The van der Waals surface area contributed by atoms with Gasteiger partial charge in [0.1, 0.15) is 5.25 Å². The maximum absolute atomic E-state index is 11.7. The normalized spacial score (nSPS) is 12.1. The minimum Gasteiger partial charge on any atom is -0.465 e. The molecule has 82 valence electrons. The summed E-state index contributed by atoms with van der Waals surface area (Å²) in [5.41, 5.74) is 1.02. The van der Waals surface area contributed by atoms with Crippen molar-refractivity contribution in [3.63, 3.8) is 0 Å². The Balaban J connectivity index is 2.78. The third-order valence-corrected chi connectivity index (χ3v) is 3.07. The van der Waals surface area contributed by atoms with Crippen molar-refractivity contribution in [1.29, 1.82) is 0 Å². The smallest absolute Gasteiger partial charge is 0.323 e. The molecule has 0 aliphatic carbocycles. The highest BCUT2D eigenvalue weighted by Crippen LogP contribution is 2.29. The summed E-state index contributed by atoms with van der Waals surface area (Å²) in [4.78, 5) is 11.7. The molecule has 0 radical (unpaired) electrons. The van der Waals surface area contributed by atoms with Gasteiger partial charge >= 0.3 is 5.97 Å². The molecular formula is C12H16O2S. The van der Waals surface area contributed by atoms with Crippen LogP contribution in [0.15, 0.2) is 30.3 Å². The lowest BCUT2D eigenvalue weighted by atomic mass is 10.1. The Hall–Kier alpha value is -0.960. The van der Waals surface area contributed by atoms with Crippen molar-refractivity contribution in [1.82, 2.24) is 0 Å². The van der Waals surface area contributed by atoms with Crippen LogP contribution in [-0.4, -0.2) is 18.3 Å². The molecule has 0 aliphatic rings. The van der Waals surface area contributed by atoms with E-state index in [0.29, 0.717) is 6.61 Å². The topological polar surface area (TPSA) is 26.3 Å². The van der Waals surface area contributed by atoms with Crippen molar-refractivity contribution in [3.8, 4) is 0 Å². The lowest BCUT2D eigenvalue weighted by Crippen LogP contribution is -2.13. The van der Waals surface area contributed by atoms with Crippen LogP contribution < -0.4 is 0 Å². The summed E-state index contributed by atoms with van der Waals surface area (Å²) in [6.45, 7) is 4.31. The number of carbonyl (C=O) groups is 1. The Labute approximate surface area is 95.0 Å². The van der Waals surface area contributed by atoms with E-state index in [1.807, 2.05) is 44.2 Å². The molecule has 2 nitrogen and oxygen atoms in total. The third kappa shape index (κ3) is 3.59. The maximum atomic E-state index is 11.7. The van der Waals surface area contributed by atoms with Gasteiger partial charge in [-0.1, -0.05) is 37.3 Å². The monoisotopic (exact) mass is 224 g/mol. The fourth-order valence-electron chi connectivity index (χ4n) is 1.31. The average molecular weight is 224 g/mol. The Morgan fingerprint density at radius 2 is 2.00 bits per heavy atom. The van der Waals surface area contributed by atoms with E-state index in [0.717, 1.165) is 11.3 Å². The summed E-state index contributed by atoms with van der Waals surface area (Å²) in [7, 11) is 0. The zero-order valence-corrected chi connectivity index (χ0v) is 9.92. The van der Waals surface area contributed by atoms with E-state index in [-0.39, 0.29) is 11.2 Å². The number of thioether (sulfide) groups is 1. The molecule has 0 saturated carbocycles. The number of rotatable bonds is 5. The SMILES string of the molecule is CCOC(=O)C(SCC)c1ccccc1. The third-order valence-electron chi connectivity index (χ3n) is 1.94. The maximum Gasteiger partial charge on any atom is 0.323 e. The van der Waals surface area contributed by atoms with Crippen molar-refractivity contribution in [2.24, 2.45) is 0 Å². The molecule has 1 aromatic rings. The van der Waals surface area contributed by atoms with Crippen LogP contribution in [0, 0.1) is 0 Å². The van der Waals surface area contributed by atoms with Gasteiger partial charge < -0.3 is 4.74 Å². The average Bonchev–Trinajstić information content (AvgIpc) is 2.27. The van der Waals surface area contributed by atoms with Crippen molar-refractivity contribution < 1.29 is 9.53 Å². The molecule has 1 unspecified atom stereocenters. The number of ether oxygens (including phenoxy) is 1. The molecule has 15 heavy (non-hydrogen) atoms. The number of hydrogen-bond acceptors (Lipinski definition) is 3. The summed E-state index contributed by atoms with van der Waals surface area (Å²) < 4.78 is 5.05. The first-order valence-corrected chi connectivity index (χ1v) is 6.17. The quantitative estimate of drug-likeness (QED) is 0.719. The van der Waals surface area contributed by atoms with Crippen molar-refractivity contribution in [2.45, 2.75) is 19.1 Å². The van der Waals surface area contributed by atoms with Gasteiger partial charge in [-0.25, -0.2) is 0 Å². The van der Waals surface area contributed by atoms with E-state index in [4.69, 9.17) is 4.74 Å². The van der Waals surface area contributed by atoms with E-state index in [1.54, 1.807) is 11.8 Å². The number of hydrogen-bond donors (Lipinski definition) is 0. The fourth-order valence-corrected chi connectivity index (χ4v) is 2.20. The number of esters is 1. The van der Waals surface area contributed by atoms with Crippen molar-refractivity contribution in [2.75, 3.05) is 12.4 Å². The van der Waals surface area contributed by atoms with Gasteiger partial charge in [-0.05, 0) is 18.2 Å². The molecule has 0 heterocycles.